The molecular formula is C12H20N2O2. The Balaban J connectivity index is 2.27. The molecule has 1 aliphatic rings. The maximum atomic E-state index is 11.3. The highest BCUT2D eigenvalue weighted by Crippen LogP contribution is 2.32. The van der Waals surface area contributed by atoms with Crippen LogP contribution in [0.1, 0.15) is 39.0 Å². The van der Waals surface area contributed by atoms with Gasteiger partial charge in [-0.2, -0.15) is 5.26 Å². The van der Waals surface area contributed by atoms with Gasteiger partial charge in [0.05, 0.1) is 18.7 Å². The second kappa shape index (κ2) is 6.49. The molecule has 0 radical (unpaired) electrons. The molecule has 1 fully saturated rings. The minimum absolute atomic E-state index is 0.101. The molecule has 90 valence electrons. The van der Waals surface area contributed by atoms with Gasteiger partial charge in [-0.25, -0.2) is 0 Å². The quantitative estimate of drug-likeness (QED) is 0.736. The number of rotatable bonds is 4. The van der Waals surface area contributed by atoms with Gasteiger partial charge in [-0.3, -0.25) is 4.79 Å². The molecule has 4 nitrogen and oxygen atoms in total. The van der Waals surface area contributed by atoms with Crippen molar-refractivity contribution >= 4 is 5.97 Å². The van der Waals surface area contributed by atoms with Crippen molar-refractivity contribution in [1.29, 1.82) is 5.26 Å². The largest absolute Gasteiger partial charge is 0.466 e. The van der Waals surface area contributed by atoms with E-state index in [4.69, 9.17) is 15.7 Å². The van der Waals surface area contributed by atoms with Gasteiger partial charge < -0.3 is 10.5 Å². The zero-order valence-corrected chi connectivity index (χ0v) is 9.82. The van der Waals surface area contributed by atoms with Crippen LogP contribution >= 0.6 is 0 Å². The normalized spacial score (nSPS) is 26.8. The van der Waals surface area contributed by atoms with Gasteiger partial charge in [-0.05, 0) is 44.4 Å². The Kier molecular flexibility index (Phi) is 5.27. The molecule has 2 N–H and O–H groups in total. The summed E-state index contributed by atoms with van der Waals surface area (Å²) in [6.45, 7) is 2.27. The molecule has 1 rings (SSSR count). The summed E-state index contributed by atoms with van der Waals surface area (Å²) in [7, 11) is 0. The van der Waals surface area contributed by atoms with Crippen LogP contribution in [0.2, 0.25) is 0 Å². The van der Waals surface area contributed by atoms with Crippen molar-refractivity contribution in [3.8, 4) is 6.07 Å². The van der Waals surface area contributed by atoms with E-state index < -0.39 is 0 Å². The number of carbonyl (C=O) groups is 1. The van der Waals surface area contributed by atoms with Crippen molar-refractivity contribution in [1.82, 2.24) is 0 Å². The minimum atomic E-state index is -0.344. The number of nitrogens with two attached hydrogens (primary N) is 1. The molecule has 1 atom stereocenters. The molecule has 0 unspecified atom stereocenters. The Labute approximate surface area is 96.8 Å². The number of ether oxygens (including phenoxy) is 1. The molecule has 0 amide bonds. The van der Waals surface area contributed by atoms with Gasteiger partial charge in [0.1, 0.15) is 0 Å². The van der Waals surface area contributed by atoms with Gasteiger partial charge in [0.2, 0.25) is 0 Å². The van der Waals surface area contributed by atoms with Crippen molar-refractivity contribution < 1.29 is 9.53 Å². The molecule has 0 aromatic carbocycles. The summed E-state index contributed by atoms with van der Waals surface area (Å²) in [6, 6.07) is 1.75. The molecule has 0 bridgehead atoms. The Hall–Kier alpha value is -1.08. The second-order valence-corrected chi connectivity index (χ2v) is 4.44. The fourth-order valence-corrected chi connectivity index (χ4v) is 2.31. The summed E-state index contributed by atoms with van der Waals surface area (Å²) in [4.78, 5) is 11.3. The monoisotopic (exact) mass is 224 g/mol. The van der Waals surface area contributed by atoms with E-state index in [1.165, 1.54) is 0 Å². The predicted octanol–water partition coefficient (Wildman–Crippen LogP) is 1.60. The molecule has 0 heterocycles. The first kappa shape index (κ1) is 13.0. The predicted molar refractivity (Wildman–Crippen MR) is 60.3 cm³/mol. The standard InChI is InChI=1S/C12H20N2O2/c1-2-16-12(15)7-9-3-5-10(6-4-9)11(14)8-13/h9-11H,2-7,14H2,1H3/t9?,10?,11-/m0/s1. The fourth-order valence-electron chi connectivity index (χ4n) is 2.31. The van der Waals surface area contributed by atoms with E-state index in [2.05, 4.69) is 6.07 Å². The van der Waals surface area contributed by atoms with Gasteiger partial charge in [0, 0.05) is 6.42 Å². The van der Waals surface area contributed by atoms with Crippen LogP contribution in [-0.4, -0.2) is 18.6 Å². The average molecular weight is 224 g/mol. The van der Waals surface area contributed by atoms with Crippen LogP contribution in [0.5, 0.6) is 0 Å². The molecule has 0 aromatic heterocycles. The first-order chi connectivity index (χ1) is 7.67. The van der Waals surface area contributed by atoms with E-state index in [0.717, 1.165) is 25.7 Å². The summed E-state index contributed by atoms with van der Waals surface area (Å²) in [5.74, 6) is 0.625. The van der Waals surface area contributed by atoms with Gasteiger partial charge in [-0.1, -0.05) is 0 Å². The molecule has 4 heteroatoms. The maximum absolute atomic E-state index is 11.3. The van der Waals surface area contributed by atoms with Gasteiger partial charge in [0.15, 0.2) is 0 Å². The highest BCUT2D eigenvalue weighted by molar-refractivity contribution is 5.69. The topological polar surface area (TPSA) is 76.1 Å². The first-order valence-electron chi connectivity index (χ1n) is 5.98. The third-order valence-electron chi connectivity index (χ3n) is 3.31. The van der Waals surface area contributed by atoms with E-state index in [1.807, 2.05) is 6.92 Å². The SMILES string of the molecule is CCOC(=O)CC1CCC([C@@H](N)C#N)CC1. The Morgan fingerprint density at radius 1 is 1.50 bits per heavy atom. The molecular weight excluding hydrogens is 204 g/mol. The van der Waals surface area contributed by atoms with Crippen LogP contribution in [0.3, 0.4) is 0 Å². The second-order valence-electron chi connectivity index (χ2n) is 4.44. The van der Waals surface area contributed by atoms with Crippen LogP contribution in [0.15, 0.2) is 0 Å². The molecule has 0 saturated heterocycles. The smallest absolute Gasteiger partial charge is 0.306 e. The molecule has 0 aliphatic heterocycles. The van der Waals surface area contributed by atoms with Crippen LogP contribution in [0, 0.1) is 23.2 Å². The van der Waals surface area contributed by atoms with Gasteiger partial charge >= 0.3 is 5.97 Å². The van der Waals surface area contributed by atoms with Crippen molar-refractivity contribution in [3.63, 3.8) is 0 Å². The number of hydrogen-bond acceptors (Lipinski definition) is 4. The number of nitrogens with zero attached hydrogens (tertiary/aromatic N) is 1. The van der Waals surface area contributed by atoms with Crippen LogP contribution in [-0.2, 0) is 9.53 Å². The van der Waals surface area contributed by atoms with E-state index in [0.29, 0.717) is 24.9 Å². The Morgan fingerprint density at radius 3 is 2.62 bits per heavy atom. The number of carbonyl (C=O) groups excluding carboxylic acids is 1. The van der Waals surface area contributed by atoms with E-state index >= 15 is 0 Å². The van der Waals surface area contributed by atoms with Crippen molar-refractivity contribution in [2.24, 2.45) is 17.6 Å². The molecule has 1 saturated carbocycles. The highest BCUT2D eigenvalue weighted by atomic mass is 16.5. The number of hydrogen-bond donors (Lipinski definition) is 1. The third-order valence-corrected chi connectivity index (χ3v) is 3.31. The summed E-state index contributed by atoms with van der Waals surface area (Å²) < 4.78 is 4.92. The van der Waals surface area contributed by atoms with Crippen LogP contribution in [0.4, 0.5) is 0 Å². The van der Waals surface area contributed by atoms with Crippen molar-refractivity contribution in [2.45, 2.75) is 45.1 Å². The Morgan fingerprint density at radius 2 is 2.12 bits per heavy atom. The third kappa shape index (κ3) is 3.82. The van der Waals surface area contributed by atoms with E-state index in [-0.39, 0.29) is 12.0 Å². The van der Waals surface area contributed by atoms with E-state index in [9.17, 15) is 4.79 Å². The summed E-state index contributed by atoms with van der Waals surface area (Å²) in [5, 5.41) is 8.72. The Bertz CT molecular complexity index is 265. The molecule has 0 aromatic rings. The van der Waals surface area contributed by atoms with Gasteiger partial charge in [-0.15, -0.1) is 0 Å². The highest BCUT2D eigenvalue weighted by Gasteiger charge is 2.26. The summed E-state index contributed by atoms with van der Waals surface area (Å²) in [5.41, 5.74) is 5.69. The molecule has 16 heavy (non-hydrogen) atoms. The first-order valence-corrected chi connectivity index (χ1v) is 5.98. The average Bonchev–Trinajstić information content (AvgIpc) is 2.29. The van der Waals surface area contributed by atoms with Crippen molar-refractivity contribution in [3.05, 3.63) is 0 Å². The molecule has 1 aliphatic carbocycles. The van der Waals surface area contributed by atoms with E-state index in [1.54, 1.807) is 0 Å². The summed E-state index contributed by atoms with van der Waals surface area (Å²) in [6.07, 6.45) is 4.40. The lowest BCUT2D eigenvalue weighted by Crippen LogP contribution is -2.32. The molecule has 0 spiro atoms. The number of nitriles is 1. The number of esters is 1. The maximum Gasteiger partial charge on any atom is 0.306 e. The van der Waals surface area contributed by atoms with Crippen molar-refractivity contribution in [2.75, 3.05) is 6.61 Å². The lowest BCUT2D eigenvalue weighted by molar-refractivity contribution is -0.144. The zero-order chi connectivity index (χ0) is 12.0. The van der Waals surface area contributed by atoms with Gasteiger partial charge in [0.25, 0.3) is 0 Å². The van der Waals surface area contributed by atoms with Crippen LogP contribution < -0.4 is 5.73 Å². The lowest BCUT2D eigenvalue weighted by atomic mass is 9.78. The van der Waals surface area contributed by atoms with Crippen LogP contribution in [0.25, 0.3) is 0 Å². The fraction of sp³-hybridized carbons (Fsp3) is 0.833. The zero-order valence-electron chi connectivity index (χ0n) is 9.82. The lowest BCUT2D eigenvalue weighted by Gasteiger charge is -2.28. The minimum Gasteiger partial charge on any atom is -0.466 e. The summed E-state index contributed by atoms with van der Waals surface area (Å²) >= 11 is 0.